The number of rotatable bonds is 8. The van der Waals surface area contributed by atoms with Crippen molar-refractivity contribution >= 4 is 11.8 Å². The standard InChI is InChI=1S/C25H29N5O4/c1-28-18-22(24(27-28)33-2)25(32)30-16-14-29(15-17-30)13-12-26-23(31)19-8-10-21(11-9-19)34-20-6-4-3-5-7-20/h3-11,18H,12-17H2,1-2H3,(H,26,31). The number of ether oxygens (including phenoxy) is 2. The Hall–Kier alpha value is -3.85. The average molecular weight is 464 g/mol. The van der Waals surface area contributed by atoms with Gasteiger partial charge in [-0.15, -0.1) is 5.10 Å². The summed E-state index contributed by atoms with van der Waals surface area (Å²) in [6, 6.07) is 16.6. The molecule has 0 bridgehead atoms. The highest BCUT2D eigenvalue weighted by Gasteiger charge is 2.26. The van der Waals surface area contributed by atoms with Gasteiger partial charge in [0.2, 0.25) is 5.88 Å². The number of aryl methyl sites for hydroxylation is 1. The number of methoxy groups -OCH3 is 1. The van der Waals surface area contributed by atoms with Gasteiger partial charge in [0, 0.05) is 58.1 Å². The minimum absolute atomic E-state index is 0.0717. The first-order valence-electron chi connectivity index (χ1n) is 11.2. The lowest BCUT2D eigenvalue weighted by atomic mass is 10.2. The fraction of sp³-hybridized carbons (Fsp3) is 0.320. The van der Waals surface area contributed by atoms with Crippen LogP contribution in [0, 0.1) is 0 Å². The zero-order valence-electron chi connectivity index (χ0n) is 19.4. The summed E-state index contributed by atoms with van der Waals surface area (Å²) >= 11 is 0. The smallest absolute Gasteiger partial charge is 0.261 e. The Bertz CT molecular complexity index is 1110. The molecule has 0 saturated carbocycles. The summed E-state index contributed by atoms with van der Waals surface area (Å²) in [5, 5.41) is 7.12. The third-order valence-electron chi connectivity index (χ3n) is 5.69. The average Bonchev–Trinajstić information content (AvgIpc) is 3.25. The monoisotopic (exact) mass is 463 g/mol. The summed E-state index contributed by atoms with van der Waals surface area (Å²) in [6.45, 7) is 3.98. The maximum atomic E-state index is 12.8. The van der Waals surface area contributed by atoms with Crippen LogP contribution in [0.4, 0.5) is 0 Å². The predicted molar refractivity (Wildman–Crippen MR) is 127 cm³/mol. The Morgan fingerprint density at radius 1 is 0.971 bits per heavy atom. The van der Waals surface area contributed by atoms with Crippen molar-refractivity contribution in [2.24, 2.45) is 7.05 Å². The number of hydrogen-bond donors (Lipinski definition) is 1. The molecule has 9 nitrogen and oxygen atoms in total. The van der Waals surface area contributed by atoms with Crippen LogP contribution in [0.2, 0.25) is 0 Å². The van der Waals surface area contributed by atoms with Crippen LogP contribution < -0.4 is 14.8 Å². The second kappa shape index (κ2) is 10.8. The van der Waals surface area contributed by atoms with Crippen LogP contribution in [0.5, 0.6) is 17.4 Å². The van der Waals surface area contributed by atoms with Crippen molar-refractivity contribution in [3.63, 3.8) is 0 Å². The molecule has 3 aromatic rings. The van der Waals surface area contributed by atoms with Crippen molar-refractivity contribution < 1.29 is 19.1 Å². The van der Waals surface area contributed by atoms with E-state index in [4.69, 9.17) is 9.47 Å². The fourth-order valence-electron chi connectivity index (χ4n) is 3.84. The molecule has 34 heavy (non-hydrogen) atoms. The summed E-state index contributed by atoms with van der Waals surface area (Å²) in [7, 11) is 3.27. The Morgan fingerprint density at radius 2 is 1.65 bits per heavy atom. The summed E-state index contributed by atoms with van der Waals surface area (Å²) < 4.78 is 12.5. The van der Waals surface area contributed by atoms with E-state index in [0.29, 0.717) is 42.4 Å². The summed E-state index contributed by atoms with van der Waals surface area (Å²) in [6.07, 6.45) is 1.68. The highest BCUT2D eigenvalue weighted by Crippen LogP contribution is 2.21. The van der Waals surface area contributed by atoms with E-state index >= 15 is 0 Å². The molecular weight excluding hydrogens is 434 g/mol. The Morgan fingerprint density at radius 3 is 2.32 bits per heavy atom. The van der Waals surface area contributed by atoms with Crippen LogP contribution in [-0.2, 0) is 7.05 Å². The number of para-hydroxylation sites is 1. The van der Waals surface area contributed by atoms with E-state index in [9.17, 15) is 9.59 Å². The number of nitrogens with zero attached hydrogens (tertiary/aromatic N) is 4. The van der Waals surface area contributed by atoms with Gasteiger partial charge in [-0.2, -0.15) is 0 Å². The molecule has 0 aliphatic carbocycles. The third kappa shape index (κ3) is 5.74. The molecule has 2 aromatic carbocycles. The molecule has 1 aromatic heterocycles. The van der Waals surface area contributed by atoms with Crippen LogP contribution >= 0.6 is 0 Å². The van der Waals surface area contributed by atoms with E-state index in [1.807, 2.05) is 35.2 Å². The highest BCUT2D eigenvalue weighted by atomic mass is 16.5. The highest BCUT2D eigenvalue weighted by molar-refractivity contribution is 5.96. The van der Waals surface area contributed by atoms with Crippen molar-refractivity contribution in [3.8, 4) is 17.4 Å². The molecule has 0 atom stereocenters. The molecule has 1 N–H and O–H groups in total. The molecule has 9 heteroatoms. The number of carbonyl (C=O) groups excluding carboxylic acids is 2. The molecule has 1 fully saturated rings. The first kappa shape index (κ1) is 23.3. The number of benzene rings is 2. The van der Waals surface area contributed by atoms with Crippen LogP contribution in [-0.4, -0.2) is 77.8 Å². The van der Waals surface area contributed by atoms with E-state index < -0.39 is 0 Å². The second-order valence-corrected chi connectivity index (χ2v) is 8.05. The summed E-state index contributed by atoms with van der Waals surface area (Å²) in [4.78, 5) is 29.3. The minimum atomic E-state index is -0.122. The Balaban J connectivity index is 1.19. The van der Waals surface area contributed by atoms with Crippen LogP contribution in [0.1, 0.15) is 20.7 Å². The molecule has 2 heterocycles. The summed E-state index contributed by atoms with van der Waals surface area (Å²) in [5.74, 6) is 1.58. The number of aromatic nitrogens is 2. The van der Waals surface area contributed by atoms with E-state index in [2.05, 4.69) is 15.3 Å². The topological polar surface area (TPSA) is 88.9 Å². The lowest BCUT2D eigenvalue weighted by molar-refractivity contribution is 0.0634. The molecule has 1 aliphatic rings. The number of nitrogens with one attached hydrogen (secondary N) is 1. The van der Waals surface area contributed by atoms with Gasteiger partial charge in [-0.25, -0.2) is 0 Å². The molecule has 178 valence electrons. The predicted octanol–water partition coefficient (Wildman–Crippen LogP) is 2.41. The van der Waals surface area contributed by atoms with Crippen molar-refractivity contribution in [3.05, 3.63) is 71.9 Å². The third-order valence-corrected chi connectivity index (χ3v) is 5.69. The van der Waals surface area contributed by atoms with Crippen LogP contribution in [0.15, 0.2) is 60.8 Å². The van der Waals surface area contributed by atoms with Gasteiger partial charge in [0.25, 0.3) is 11.8 Å². The van der Waals surface area contributed by atoms with Gasteiger partial charge >= 0.3 is 0 Å². The maximum Gasteiger partial charge on any atom is 0.261 e. The van der Waals surface area contributed by atoms with Gasteiger partial charge in [-0.3, -0.25) is 19.2 Å². The molecule has 1 saturated heterocycles. The Kier molecular flexibility index (Phi) is 7.44. The van der Waals surface area contributed by atoms with Gasteiger partial charge < -0.3 is 19.7 Å². The minimum Gasteiger partial charge on any atom is -0.479 e. The van der Waals surface area contributed by atoms with Gasteiger partial charge in [-0.1, -0.05) is 18.2 Å². The van der Waals surface area contributed by atoms with Crippen molar-refractivity contribution in [2.45, 2.75) is 0 Å². The zero-order valence-corrected chi connectivity index (χ0v) is 19.4. The number of piperazine rings is 1. The number of amides is 2. The normalized spacial score (nSPS) is 14.0. The second-order valence-electron chi connectivity index (χ2n) is 8.05. The summed E-state index contributed by atoms with van der Waals surface area (Å²) in [5.41, 5.74) is 1.06. The molecular formula is C25H29N5O4. The van der Waals surface area contributed by atoms with E-state index in [1.165, 1.54) is 7.11 Å². The lowest BCUT2D eigenvalue weighted by Crippen LogP contribution is -2.50. The van der Waals surface area contributed by atoms with Gasteiger partial charge in [0.1, 0.15) is 17.1 Å². The van der Waals surface area contributed by atoms with Crippen LogP contribution in [0.25, 0.3) is 0 Å². The maximum absolute atomic E-state index is 12.8. The van der Waals surface area contributed by atoms with Crippen molar-refractivity contribution in [1.82, 2.24) is 24.9 Å². The van der Waals surface area contributed by atoms with E-state index in [1.54, 1.807) is 42.2 Å². The van der Waals surface area contributed by atoms with E-state index in [-0.39, 0.29) is 11.8 Å². The van der Waals surface area contributed by atoms with Gasteiger partial charge in [0.05, 0.1) is 7.11 Å². The first-order valence-corrected chi connectivity index (χ1v) is 11.2. The van der Waals surface area contributed by atoms with E-state index in [0.717, 1.165) is 25.4 Å². The first-order chi connectivity index (χ1) is 16.5. The van der Waals surface area contributed by atoms with Crippen LogP contribution in [0.3, 0.4) is 0 Å². The van der Waals surface area contributed by atoms with Gasteiger partial charge in [0.15, 0.2) is 0 Å². The van der Waals surface area contributed by atoms with Gasteiger partial charge in [-0.05, 0) is 36.4 Å². The quantitative estimate of drug-likeness (QED) is 0.552. The molecule has 0 spiro atoms. The zero-order chi connectivity index (χ0) is 23.9. The molecule has 0 unspecified atom stereocenters. The molecule has 0 radical (unpaired) electrons. The lowest BCUT2D eigenvalue weighted by Gasteiger charge is -2.34. The molecule has 1 aliphatic heterocycles. The largest absolute Gasteiger partial charge is 0.479 e. The molecule has 2 amide bonds. The van der Waals surface area contributed by atoms with Crippen molar-refractivity contribution in [1.29, 1.82) is 0 Å². The number of carbonyl (C=O) groups is 2. The van der Waals surface area contributed by atoms with Crippen molar-refractivity contribution in [2.75, 3.05) is 46.4 Å². The Labute approximate surface area is 198 Å². The fourth-order valence-corrected chi connectivity index (χ4v) is 3.84. The molecule has 4 rings (SSSR count). The number of hydrogen-bond acceptors (Lipinski definition) is 6. The SMILES string of the molecule is COc1nn(C)cc1C(=O)N1CCN(CCNC(=O)c2ccc(Oc3ccccc3)cc2)CC1.